The van der Waals surface area contributed by atoms with Crippen molar-refractivity contribution in [3.8, 4) is 5.75 Å². The van der Waals surface area contributed by atoms with Crippen LogP contribution in [0, 0.1) is 5.92 Å². The quantitative estimate of drug-likeness (QED) is 0.616. The van der Waals surface area contributed by atoms with Crippen LogP contribution in [-0.4, -0.2) is 0 Å². The molecule has 1 nitrogen and oxygen atoms in total. The van der Waals surface area contributed by atoms with Gasteiger partial charge in [0, 0.05) is 0 Å². The minimum atomic E-state index is 0.114. The van der Waals surface area contributed by atoms with E-state index in [1.54, 1.807) is 12.1 Å². The zero-order valence-electron chi connectivity index (χ0n) is 7.00. The molecule has 0 saturated heterocycles. The highest BCUT2D eigenvalue weighted by molar-refractivity contribution is 5.26. The number of rotatable bonds is 2. The van der Waals surface area contributed by atoms with Crippen molar-refractivity contribution in [3.63, 3.8) is 0 Å². The van der Waals surface area contributed by atoms with E-state index in [1.165, 1.54) is 0 Å². The largest absolute Gasteiger partial charge is 0.290 e. The summed E-state index contributed by atoms with van der Waals surface area (Å²) in [6.07, 6.45) is 0.996. The Balaban J connectivity index is 2.71. The molecule has 0 atom stereocenters. The molecular formula is C10H13O. The minimum Gasteiger partial charge on any atom is -0.290 e. The highest BCUT2D eigenvalue weighted by Gasteiger charge is 1.98. The maximum Gasteiger partial charge on any atom is 0.178 e. The van der Waals surface area contributed by atoms with Crippen molar-refractivity contribution >= 4 is 0 Å². The fourth-order valence-electron chi connectivity index (χ4n) is 1.14. The molecule has 0 unspecified atom stereocenters. The molecule has 59 valence electrons. The molecule has 0 N–H and O–H groups in total. The molecule has 0 aliphatic rings. The number of benzene rings is 1. The molecule has 1 rings (SSSR count). The van der Waals surface area contributed by atoms with E-state index in [-0.39, 0.29) is 5.75 Å². The molecule has 0 heterocycles. The van der Waals surface area contributed by atoms with Gasteiger partial charge in [0.05, 0.1) is 0 Å². The fraction of sp³-hybridized carbons (Fsp3) is 0.400. The summed E-state index contributed by atoms with van der Waals surface area (Å²) in [5.41, 5.74) is 1.15. The molecule has 1 aromatic carbocycles. The summed E-state index contributed by atoms with van der Waals surface area (Å²) in [5.74, 6) is 0.736. The van der Waals surface area contributed by atoms with Gasteiger partial charge >= 0.3 is 0 Å². The van der Waals surface area contributed by atoms with Crippen LogP contribution in [0.2, 0.25) is 0 Å². The summed E-state index contributed by atoms with van der Waals surface area (Å²) in [6, 6.07) is 7.12. The molecule has 1 aromatic rings. The summed E-state index contributed by atoms with van der Waals surface area (Å²) in [6.45, 7) is 4.30. The Labute approximate surface area is 67.7 Å². The summed E-state index contributed by atoms with van der Waals surface area (Å²) in [7, 11) is 0. The smallest absolute Gasteiger partial charge is 0.178 e. The molecule has 0 aliphatic heterocycles. The van der Waals surface area contributed by atoms with Crippen LogP contribution in [0.1, 0.15) is 19.4 Å². The van der Waals surface area contributed by atoms with Gasteiger partial charge in [-0.3, -0.25) is 5.11 Å². The van der Waals surface area contributed by atoms with Gasteiger partial charge in [-0.2, -0.15) is 0 Å². The van der Waals surface area contributed by atoms with Crippen LogP contribution in [-0.2, 0) is 11.5 Å². The van der Waals surface area contributed by atoms with Gasteiger partial charge in [0.25, 0.3) is 0 Å². The Morgan fingerprint density at radius 2 is 2.09 bits per heavy atom. The Hall–Kier alpha value is -0.980. The van der Waals surface area contributed by atoms with Crippen molar-refractivity contribution in [2.45, 2.75) is 20.3 Å². The average molecular weight is 149 g/mol. The van der Waals surface area contributed by atoms with Gasteiger partial charge in [-0.1, -0.05) is 26.0 Å². The van der Waals surface area contributed by atoms with E-state index in [4.69, 9.17) is 0 Å². The lowest BCUT2D eigenvalue weighted by Crippen LogP contribution is -1.92. The Morgan fingerprint density at radius 1 is 1.36 bits per heavy atom. The molecule has 0 spiro atoms. The highest BCUT2D eigenvalue weighted by Crippen LogP contribution is 2.14. The SMILES string of the molecule is CC(C)Cc1cccc([O])c1. The maximum absolute atomic E-state index is 10.9. The summed E-state index contributed by atoms with van der Waals surface area (Å²) in [5, 5.41) is 10.9. The van der Waals surface area contributed by atoms with E-state index >= 15 is 0 Å². The second-order valence-corrected chi connectivity index (χ2v) is 3.25. The van der Waals surface area contributed by atoms with Crippen molar-refractivity contribution in [3.05, 3.63) is 29.8 Å². The first-order valence-corrected chi connectivity index (χ1v) is 3.94. The lowest BCUT2D eigenvalue weighted by atomic mass is 10.0. The van der Waals surface area contributed by atoms with Gasteiger partial charge in [0.2, 0.25) is 0 Å². The van der Waals surface area contributed by atoms with E-state index in [2.05, 4.69) is 13.8 Å². The van der Waals surface area contributed by atoms with Crippen LogP contribution in [0.3, 0.4) is 0 Å². The van der Waals surface area contributed by atoms with Gasteiger partial charge in [0.1, 0.15) is 0 Å². The van der Waals surface area contributed by atoms with Gasteiger partial charge < -0.3 is 0 Å². The van der Waals surface area contributed by atoms with Crippen LogP contribution in [0.15, 0.2) is 24.3 Å². The minimum absolute atomic E-state index is 0.114. The molecule has 0 aromatic heterocycles. The summed E-state index contributed by atoms with van der Waals surface area (Å²) < 4.78 is 0. The first kappa shape index (κ1) is 8.12. The first-order valence-electron chi connectivity index (χ1n) is 3.94. The molecule has 11 heavy (non-hydrogen) atoms. The van der Waals surface area contributed by atoms with Crippen LogP contribution >= 0.6 is 0 Å². The number of hydrogen-bond acceptors (Lipinski definition) is 0. The van der Waals surface area contributed by atoms with Crippen LogP contribution in [0.4, 0.5) is 0 Å². The second kappa shape index (κ2) is 3.42. The molecule has 1 heteroatoms. The monoisotopic (exact) mass is 149 g/mol. The Bertz CT molecular complexity index is 228. The third-order valence-electron chi connectivity index (χ3n) is 1.54. The van der Waals surface area contributed by atoms with Crippen LogP contribution in [0.25, 0.3) is 0 Å². The molecule has 0 saturated carbocycles. The van der Waals surface area contributed by atoms with Crippen molar-refractivity contribution in [1.82, 2.24) is 0 Å². The van der Waals surface area contributed by atoms with Gasteiger partial charge in [-0.15, -0.1) is 0 Å². The lowest BCUT2D eigenvalue weighted by Gasteiger charge is -2.03. The first-order chi connectivity index (χ1) is 5.18. The topological polar surface area (TPSA) is 19.9 Å². The van der Waals surface area contributed by atoms with Crippen molar-refractivity contribution in [2.24, 2.45) is 5.92 Å². The normalized spacial score (nSPS) is 10.5. The van der Waals surface area contributed by atoms with E-state index in [1.807, 2.05) is 12.1 Å². The molecule has 0 aliphatic carbocycles. The summed E-state index contributed by atoms with van der Waals surface area (Å²) in [4.78, 5) is 0. The van der Waals surface area contributed by atoms with Gasteiger partial charge in [0.15, 0.2) is 5.75 Å². The standard InChI is InChI=1S/C10H13O/c1-8(2)6-9-4-3-5-10(11)7-9/h3-5,7-8H,6H2,1-2H3. The zero-order chi connectivity index (χ0) is 8.27. The highest BCUT2D eigenvalue weighted by atomic mass is 16.3. The van der Waals surface area contributed by atoms with Gasteiger partial charge in [-0.25, -0.2) is 0 Å². The zero-order valence-corrected chi connectivity index (χ0v) is 7.00. The van der Waals surface area contributed by atoms with Crippen LogP contribution < -0.4 is 0 Å². The molecular weight excluding hydrogens is 136 g/mol. The molecule has 0 fully saturated rings. The maximum atomic E-state index is 10.9. The van der Waals surface area contributed by atoms with Crippen LogP contribution in [0.5, 0.6) is 5.75 Å². The van der Waals surface area contributed by atoms with E-state index < -0.39 is 0 Å². The molecule has 0 bridgehead atoms. The van der Waals surface area contributed by atoms with E-state index in [9.17, 15) is 5.11 Å². The average Bonchev–Trinajstić information content (AvgIpc) is 1.85. The third-order valence-corrected chi connectivity index (χ3v) is 1.54. The van der Waals surface area contributed by atoms with E-state index in [0.29, 0.717) is 5.92 Å². The van der Waals surface area contributed by atoms with E-state index in [0.717, 1.165) is 12.0 Å². The number of hydrogen-bond donors (Lipinski definition) is 0. The van der Waals surface area contributed by atoms with Crippen molar-refractivity contribution < 1.29 is 5.11 Å². The summed E-state index contributed by atoms with van der Waals surface area (Å²) >= 11 is 0. The predicted molar refractivity (Wildman–Crippen MR) is 45.1 cm³/mol. The Kier molecular flexibility index (Phi) is 2.53. The molecule has 1 radical (unpaired) electrons. The Morgan fingerprint density at radius 3 is 2.64 bits per heavy atom. The predicted octanol–water partition coefficient (Wildman–Crippen LogP) is 3.03. The van der Waals surface area contributed by atoms with Gasteiger partial charge in [-0.05, 0) is 30.0 Å². The lowest BCUT2D eigenvalue weighted by molar-refractivity contribution is 0.354. The van der Waals surface area contributed by atoms with Crippen molar-refractivity contribution in [2.75, 3.05) is 0 Å². The van der Waals surface area contributed by atoms with Crippen molar-refractivity contribution in [1.29, 1.82) is 0 Å². The fourth-order valence-corrected chi connectivity index (χ4v) is 1.14. The third kappa shape index (κ3) is 2.62. The molecule has 0 amide bonds. The second-order valence-electron chi connectivity index (χ2n) is 3.25.